The van der Waals surface area contributed by atoms with E-state index in [1.807, 2.05) is 24.3 Å². The van der Waals surface area contributed by atoms with Gasteiger partial charge in [-0.3, -0.25) is 9.89 Å². The number of hydrogen-bond acceptors (Lipinski definition) is 3. The Morgan fingerprint density at radius 2 is 2.22 bits per heavy atom. The summed E-state index contributed by atoms with van der Waals surface area (Å²) in [5.41, 5.74) is 0.720. The van der Waals surface area contributed by atoms with Gasteiger partial charge in [0.05, 0.1) is 5.56 Å². The van der Waals surface area contributed by atoms with E-state index in [9.17, 15) is 4.79 Å². The number of H-pyrrole nitrogens is 1. The molecule has 0 unspecified atom stereocenters. The molecule has 0 saturated carbocycles. The van der Waals surface area contributed by atoms with Gasteiger partial charge in [-0.25, -0.2) is 4.98 Å². The van der Waals surface area contributed by atoms with Gasteiger partial charge in [0.1, 0.15) is 12.2 Å². The Morgan fingerprint density at radius 3 is 2.94 bits per heavy atom. The van der Waals surface area contributed by atoms with Gasteiger partial charge in [-0.2, -0.15) is 5.10 Å². The molecule has 0 radical (unpaired) electrons. The van der Waals surface area contributed by atoms with Crippen molar-refractivity contribution in [2.75, 3.05) is 6.54 Å². The summed E-state index contributed by atoms with van der Waals surface area (Å²) in [6.07, 6.45) is 3.11. The lowest BCUT2D eigenvalue weighted by Gasteiger charge is -2.05. The van der Waals surface area contributed by atoms with E-state index in [1.54, 1.807) is 0 Å². The Balaban J connectivity index is 1.77. The topological polar surface area (TPSA) is 70.7 Å². The Kier molecular flexibility index (Phi) is 4.68. The van der Waals surface area contributed by atoms with Crippen LogP contribution in [0.4, 0.5) is 0 Å². The number of carbonyl (C=O) groups is 1. The second-order valence-electron chi connectivity index (χ2n) is 3.77. The molecule has 0 fully saturated rings. The van der Waals surface area contributed by atoms with E-state index < -0.39 is 0 Å². The molecule has 2 N–H and O–H groups in total. The van der Waals surface area contributed by atoms with E-state index in [0.29, 0.717) is 6.54 Å². The van der Waals surface area contributed by atoms with Crippen LogP contribution < -0.4 is 5.32 Å². The van der Waals surface area contributed by atoms with Crippen molar-refractivity contribution < 1.29 is 4.79 Å². The monoisotopic (exact) mass is 356 g/mol. The molecule has 18 heavy (non-hydrogen) atoms. The molecule has 1 amide bonds. The third kappa shape index (κ3) is 3.52. The number of rotatable bonds is 5. The minimum absolute atomic E-state index is 0.0300. The maximum absolute atomic E-state index is 11.9. The van der Waals surface area contributed by atoms with Crippen molar-refractivity contribution in [1.29, 1.82) is 0 Å². The molecule has 2 rings (SSSR count). The van der Waals surface area contributed by atoms with E-state index in [1.165, 1.54) is 6.33 Å². The zero-order chi connectivity index (χ0) is 12.8. The SMILES string of the molecule is O=C(NCCCc1ncn[nH]1)c1ccccc1I. The van der Waals surface area contributed by atoms with Crippen LogP contribution in [-0.2, 0) is 6.42 Å². The first-order chi connectivity index (χ1) is 8.77. The number of halogens is 1. The zero-order valence-electron chi connectivity index (χ0n) is 9.69. The van der Waals surface area contributed by atoms with Crippen LogP contribution in [0.15, 0.2) is 30.6 Å². The number of aryl methyl sites for hydroxylation is 1. The minimum Gasteiger partial charge on any atom is -0.352 e. The van der Waals surface area contributed by atoms with Crippen molar-refractivity contribution in [3.8, 4) is 0 Å². The Morgan fingerprint density at radius 1 is 1.39 bits per heavy atom. The van der Waals surface area contributed by atoms with E-state index in [2.05, 4.69) is 43.1 Å². The maximum Gasteiger partial charge on any atom is 0.252 e. The summed E-state index contributed by atoms with van der Waals surface area (Å²) >= 11 is 2.16. The molecule has 1 aromatic heterocycles. The first-order valence-electron chi connectivity index (χ1n) is 5.64. The second-order valence-corrected chi connectivity index (χ2v) is 4.93. The number of nitrogens with one attached hydrogen (secondary N) is 2. The number of amides is 1. The summed E-state index contributed by atoms with van der Waals surface area (Å²) in [5, 5.41) is 9.46. The number of carbonyl (C=O) groups excluding carboxylic acids is 1. The number of nitrogens with zero attached hydrogens (tertiary/aromatic N) is 2. The molecule has 94 valence electrons. The van der Waals surface area contributed by atoms with Gasteiger partial charge in [0, 0.05) is 16.5 Å². The molecule has 0 atom stereocenters. The van der Waals surface area contributed by atoms with E-state index in [4.69, 9.17) is 0 Å². The smallest absolute Gasteiger partial charge is 0.252 e. The summed E-state index contributed by atoms with van der Waals surface area (Å²) in [5.74, 6) is 0.816. The largest absolute Gasteiger partial charge is 0.352 e. The molecule has 0 saturated heterocycles. The molecule has 0 bridgehead atoms. The Labute approximate surface area is 119 Å². The van der Waals surface area contributed by atoms with Crippen LogP contribution in [0, 0.1) is 3.57 Å². The van der Waals surface area contributed by atoms with E-state index >= 15 is 0 Å². The molecule has 5 nitrogen and oxygen atoms in total. The number of aromatic amines is 1. The van der Waals surface area contributed by atoms with Gasteiger partial charge < -0.3 is 5.32 Å². The highest BCUT2D eigenvalue weighted by Gasteiger charge is 2.07. The Hall–Kier alpha value is -1.44. The molecule has 1 heterocycles. The van der Waals surface area contributed by atoms with Gasteiger partial charge in [-0.05, 0) is 41.1 Å². The molecule has 0 aliphatic heterocycles. The molecule has 2 aromatic rings. The van der Waals surface area contributed by atoms with Gasteiger partial charge in [0.2, 0.25) is 0 Å². The second kappa shape index (κ2) is 6.48. The predicted octanol–water partition coefficient (Wildman–Crippen LogP) is 1.77. The molecule has 1 aromatic carbocycles. The predicted molar refractivity (Wildman–Crippen MR) is 76.2 cm³/mol. The van der Waals surface area contributed by atoms with Gasteiger partial charge in [0.15, 0.2) is 0 Å². The number of aromatic nitrogens is 3. The summed E-state index contributed by atoms with van der Waals surface area (Å²) in [7, 11) is 0. The summed E-state index contributed by atoms with van der Waals surface area (Å²) in [6.45, 7) is 0.629. The molecule has 0 aliphatic rings. The number of benzene rings is 1. The highest BCUT2D eigenvalue weighted by molar-refractivity contribution is 14.1. The Bertz CT molecular complexity index is 513. The maximum atomic E-state index is 11.9. The quantitative estimate of drug-likeness (QED) is 0.634. The first-order valence-corrected chi connectivity index (χ1v) is 6.72. The van der Waals surface area contributed by atoms with Crippen LogP contribution in [0.3, 0.4) is 0 Å². The van der Waals surface area contributed by atoms with Crippen molar-refractivity contribution >= 4 is 28.5 Å². The van der Waals surface area contributed by atoms with E-state index in [-0.39, 0.29) is 5.91 Å². The van der Waals surface area contributed by atoms with Crippen molar-refractivity contribution in [1.82, 2.24) is 20.5 Å². The van der Waals surface area contributed by atoms with Crippen molar-refractivity contribution in [2.45, 2.75) is 12.8 Å². The van der Waals surface area contributed by atoms with Gasteiger partial charge in [0.25, 0.3) is 5.91 Å². The minimum atomic E-state index is -0.0300. The summed E-state index contributed by atoms with van der Waals surface area (Å²) in [4.78, 5) is 15.9. The first kappa shape index (κ1) is 13.0. The van der Waals surface area contributed by atoms with Crippen LogP contribution in [0.5, 0.6) is 0 Å². The molecular weight excluding hydrogens is 343 g/mol. The third-order valence-electron chi connectivity index (χ3n) is 2.46. The zero-order valence-corrected chi connectivity index (χ0v) is 11.8. The average molecular weight is 356 g/mol. The highest BCUT2D eigenvalue weighted by atomic mass is 127. The highest BCUT2D eigenvalue weighted by Crippen LogP contribution is 2.10. The average Bonchev–Trinajstić information content (AvgIpc) is 2.88. The van der Waals surface area contributed by atoms with Crippen LogP contribution in [0.1, 0.15) is 22.6 Å². The third-order valence-corrected chi connectivity index (χ3v) is 3.40. The summed E-state index contributed by atoms with van der Waals surface area (Å²) in [6, 6.07) is 7.53. The molecule has 6 heteroatoms. The lowest BCUT2D eigenvalue weighted by Crippen LogP contribution is -2.25. The van der Waals surface area contributed by atoms with Gasteiger partial charge >= 0.3 is 0 Å². The van der Waals surface area contributed by atoms with Gasteiger partial charge in [-0.15, -0.1) is 0 Å². The van der Waals surface area contributed by atoms with Crippen LogP contribution in [0.25, 0.3) is 0 Å². The van der Waals surface area contributed by atoms with Crippen LogP contribution >= 0.6 is 22.6 Å². The van der Waals surface area contributed by atoms with Crippen molar-refractivity contribution in [3.63, 3.8) is 0 Å². The molecule has 0 spiro atoms. The fourth-order valence-corrected chi connectivity index (χ4v) is 2.18. The fraction of sp³-hybridized carbons (Fsp3) is 0.250. The van der Waals surface area contributed by atoms with Crippen molar-refractivity contribution in [3.05, 3.63) is 45.6 Å². The molecular formula is C12H13IN4O. The standard InChI is InChI=1S/C12H13IN4O/c13-10-5-2-1-4-9(10)12(18)14-7-3-6-11-15-8-16-17-11/h1-2,4-5,8H,3,6-7H2,(H,14,18)(H,15,16,17). The van der Waals surface area contributed by atoms with Crippen LogP contribution in [-0.4, -0.2) is 27.6 Å². The van der Waals surface area contributed by atoms with Gasteiger partial charge in [-0.1, -0.05) is 12.1 Å². The van der Waals surface area contributed by atoms with Crippen molar-refractivity contribution in [2.24, 2.45) is 0 Å². The normalized spacial score (nSPS) is 10.3. The van der Waals surface area contributed by atoms with Crippen LogP contribution in [0.2, 0.25) is 0 Å². The number of hydrogen-bond donors (Lipinski definition) is 2. The lowest BCUT2D eigenvalue weighted by atomic mass is 10.2. The summed E-state index contributed by atoms with van der Waals surface area (Å²) < 4.78 is 0.961. The molecule has 0 aliphatic carbocycles. The fourth-order valence-electron chi connectivity index (χ4n) is 1.55. The van der Waals surface area contributed by atoms with E-state index in [0.717, 1.165) is 27.8 Å². The lowest BCUT2D eigenvalue weighted by molar-refractivity contribution is 0.0952.